The summed E-state index contributed by atoms with van der Waals surface area (Å²) in [5, 5.41) is 3.56. The van der Waals surface area contributed by atoms with Gasteiger partial charge in [-0.25, -0.2) is 8.42 Å². The zero-order valence-corrected chi connectivity index (χ0v) is 18.7. The Morgan fingerprint density at radius 1 is 1.09 bits per heavy atom. The molecule has 0 radical (unpaired) electrons. The summed E-state index contributed by atoms with van der Waals surface area (Å²) in [7, 11) is -1.44. The molecule has 3 rings (SSSR count). The number of hydrogen-bond acceptors (Lipinski definition) is 6. The maximum atomic E-state index is 13.2. The van der Waals surface area contributed by atoms with E-state index in [1.165, 1.54) is 44.6 Å². The van der Waals surface area contributed by atoms with Crippen LogP contribution in [0.5, 0.6) is 11.5 Å². The number of halogens is 4. The first-order valence-electron chi connectivity index (χ1n) is 9.11. The van der Waals surface area contributed by atoms with E-state index in [0.717, 1.165) is 0 Å². The number of alkyl halides is 3. The van der Waals surface area contributed by atoms with Crippen LogP contribution in [0.25, 0.3) is 11.3 Å². The average Bonchev–Trinajstić information content (AvgIpc) is 3.24. The third kappa shape index (κ3) is 4.78. The molecule has 0 atom stereocenters. The van der Waals surface area contributed by atoms with Crippen LogP contribution in [0, 0.1) is 0 Å². The molecule has 0 bridgehead atoms. The van der Waals surface area contributed by atoms with Gasteiger partial charge in [-0.05, 0) is 24.1 Å². The second-order valence-electron chi connectivity index (χ2n) is 6.54. The van der Waals surface area contributed by atoms with Crippen LogP contribution in [0.4, 0.5) is 18.9 Å². The number of nitrogens with one attached hydrogen (secondary N) is 1. The normalized spacial score (nSPS) is 12.0. The molecule has 2 aromatic carbocycles. The number of hydrogen-bond donors (Lipinski definition) is 1. The van der Waals surface area contributed by atoms with E-state index in [9.17, 15) is 21.6 Å². The smallest absolute Gasteiger partial charge is 0.452 e. The van der Waals surface area contributed by atoms with Crippen molar-refractivity contribution in [3.8, 4) is 22.8 Å². The molecule has 1 heterocycles. The molecule has 0 fully saturated rings. The number of rotatable bonds is 7. The first kappa shape index (κ1) is 23.7. The number of nitrogens with zero attached hydrogens (tertiary/aromatic N) is 1. The summed E-state index contributed by atoms with van der Waals surface area (Å²) in [6, 6.07) is 7.67. The van der Waals surface area contributed by atoms with Crippen molar-refractivity contribution in [3.63, 3.8) is 0 Å². The second kappa shape index (κ2) is 8.91. The molecular formula is C20H18ClF3N2O5S. The minimum absolute atomic E-state index is 0.0616. The molecule has 172 valence electrons. The molecule has 0 aliphatic rings. The lowest BCUT2D eigenvalue weighted by molar-refractivity contribution is -0.155. The summed E-state index contributed by atoms with van der Waals surface area (Å²) in [6.45, 7) is 1.75. The topological polar surface area (TPSA) is 90.7 Å². The summed E-state index contributed by atoms with van der Waals surface area (Å²) < 4.78 is 82.0. The minimum atomic E-state index is -4.71. The fraction of sp³-hybridized carbons (Fsp3) is 0.250. The maximum absolute atomic E-state index is 13.2. The van der Waals surface area contributed by atoms with Crippen molar-refractivity contribution in [1.82, 2.24) is 5.16 Å². The van der Waals surface area contributed by atoms with Gasteiger partial charge in [0.1, 0.15) is 17.2 Å². The maximum Gasteiger partial charge on any atom is 0.452 e. The quantitative estimate of drug-likeness (QED) is 0.477. The van der Waals surface area contributed by atoms with Crippen LogP contribution in [0.1, 0.15) is 18.2 Å². The molecule has 0 saturated carbocycles. The van der Waals surface area contributed by atoms with Gasteiger partial charge < -0.3 is 14.0 Å². The van der Waals surface area contributed by atoms with E-state index in [2.05, 4.69) is 14.4 Å². The van der Waals surface area contributed by atoms with E-state index in [4.69, 9.17) is 21.1 Å². The molecule has 0 saturated heterocycles. The van der Waals surface area contributed by atoms with Gasteiger partial charge in [0.15, 0.2) is 0 Å². The van der Waals surface area contributed by atoms with Gasteiger partial charge in [0, 0.05) is 17.7 Å². The van der Waals surface area contributed by atoms with Gasteiger partial charge in [0.05, 0.1) is 29.8 Å². The van der Waals surface area contributed by atoms with Crippen LogP contribution in [0.3, 0.4) is 0 Å². The highest BCUT2D eigenvalue weighted by Gasteiger charge is 2.36. The number of sulfonamides is 1. The van der Waals surface area contributed by atoms with E-state index in [-0.39, 0.29) is 38.4 Å². The highest BCUT2D eigenvalue weighted by molar-refractivity contribution is 7.92. The molecule has 32 heavy (non-hydrogen) atoms. The van der Waals surface area contributed by atoms with Gasteiger partial charge in [-0.3, -0.25) is 4.72 Å². The predicted molar refractivity (Wildman–Crippen MR) is 112 cm³/mol. The van der Waals surface area contributed by atoms with Crippen molar-refractivity contribution < 1.29 is 35.6 Å². The Balaban J connectivity index is 2.05. The van der Waals surface area contributed by atoms with Gasteiger partial charge in [0.25, 0.3) is 10.0 Å². The molecule has 1 N–H and O–H groups in total. The Morgan fingerprint density at radius 3 is 2.34 bits per heavy atom. The lowest BCUT2D eigenvalue weighted by Gasteiger charge is -2.16. The Bertz CT molecular complexity index is 1240. The van der Waals surface area contributed by atoms with Crippen molar-refractivity contribution in [2.24, 2.45) is 0 Å². The third-order valence-corrected chi connectivity index (χ3v) is 6.28. The number of anilines is 1. The molecule has 0 aliphatic heterocycles. The first-order chi connectivity index (χ1) is 15.0. The van der Waals surface area contributed by atoms with E-state index >= 15 is 0 Å². The third-order valence-electron chi connectivity index (χ3n) is 4.54. The highest BCUT2D eigenvalue weighted by Crippen LogP contribution is 2.38. The summed E-state index contributed by atoms with van der Waals surface area (Å²) in [5.74, 6) is -0.836. The fourth-order valence-corrected chi connectivity index (χ4v) is 4.58. The molecule has 0 amide bonds. The van der Waals surface area contributed by atoms with Crippen molar-refractivity contribution in [3.05, 3.63) is 52.7 Å². The monoisotopic (exact) mass is 490 g/mol. The van der Waals surface area contributed by atoms with Crippen molar-refractivity contribution in [2.75, 3.05) is 18.9 Å². The molecule has 3 aromatic rings. The van der Waals surface area contributed by atoms with E-state index in [0.29, 0.717) is 18.1 Å². The standard InChI is InChI=1S/C20H18ClF3N2O5S/c1-4-11-5-6-12(14-9-19(31-25-14)20(22,23)24)7-18(11)32(27,28)26-15-8-13(21)16(29-2)10-17(15)30-3/h5-10,26H,4H2,1-3H3. The molecule has 0 unspecified atom stereocenters. The van der Waals surface area contributed by atoms with Crippen molar-refractivity contribution in [2.45, 2.75) is 24.4 Å². The Kier molecular flexibility index (Phi) is 6.61. The van der Waals surface area contributed by atoms with Crippen LogP contribution in [-0.4, -0.2) is 27.8 Å². The first-order valence-corrected chi connectivity index (χ1v) is 11.0. The molecular weight excluding hydrogens is 473 g/mol. The molecule has 7 nitrogen and oxygen atoms in total. The largest absolute Gasteiger partial charge is 0.495 e. The highest BCUT2D eigenvalue weighted by atomic mass is 35.5. The SMILES string of the molecule is CCc1ccc(-c2cc(C(F)(F)F)on2)cc1S(=O)(=O)Nc1cc(Cl)c(OC)cc1OC. The number of aromatic nitrogens is 1. The van der Waals surface area contributed by atoms with Crippen molar-refractivity contribution in [1.29, 1.82) is 0 Å². The lowest BCUT2D eigenvalue weighted by Crippen LogP contribution is -2.16. The van der Waals surface area contributed by atoms with E-state index < -0.39 is 22.0 Å². The van der Waals surface area contributed by atoms with Crippen LogP contribution in [0.2, 0.25) is 5.02 Å². The number of ether oxygens (including phenoxy) is 2. The van der Waals surface area contributed by atoms with Gasteiger partial charge in [0.2, 0.25) is 5.76 Å². The zero-order chi connectivity index (χ0) is 23.7. The lowest BCUT2D eigenvalue weighted by atomic mass is 10.1. The number of methoxy groups -OCH3 is 2. The summed E-state index contributed by atoms with van der Waals surface area (Å²) in [4.78, 5) is -0.136. The van der Waals surface area contributed by atoms with Gasteiger partial charge in [-0.2, -0.15) is 13.2 Å². The summed E-state index contributed by atoms with van der Waals surface area (Å²) in [5.41, 5.74) is 0.494. The minimum Gasteiger partial charge on any atom is -0.495 e. The van der Waals surface area contributed by atoms with E-state index in [1.54, 1.807) is 6.92 Å². The number of aryl methyl sites for hydroxylation is 1. The summed E-state index contributed by atoms with van der Waals surface area (Å²) >= 11 is 6.11. The Morgan fingerprint density at radius 2 is 1.78 bits per heavy atom. The van der Waals surface area contributed by atoms with Gasteiger partial charge in [-0.15, -0.1) is 0 Å². The van der Waals surface area contributed by atoms with Crippen LogP contribution in [-0.2, 0) is 22.6 Å². The van der Waals surface area contributed by atoms with Crippen LogP contribution >= 0.6 is 11.6 Å². The predicted octanol–water partition coefficient (Wildman–Crippen LogP) is 5.39. The van der Waals surface area contributed by atoms with Crippen molar-refractivity contribution >= 4 is 27.3 Å². The second-order valence-corrected chi connectivity index (χ2v) is 8.60. The molecule has 0 aliphatic carbocycles. The van der Waals surface area contributed by atoms with Crippen LogP contribution in [0.15, 0.2) is 45.8 Å². The average molecular weight is 491 g/mol. The van der Waals surface area contributed by atoms with Gasteiger partial charge in [-0.1, -0.05) is 35.8 Å². The fourth-order valence-electron chi connectivity index (χ4n) is 2.94. The molecule has 1 aromatic heterocycles. The number of benzene rings is 2. The Labute approximate surface area is 187 Å². The summed E-state index contributed by atoms with van der Waals surface area (Å²) in [6.07, 6.45) is -4.36. The van der Waals surface area contributed by atoms with E-state index in [1.807, 2.05) is 0 Å². The molecule has 12 heteroatoms. The van der Waals surface area contributed by atoms with Gasteiger partial charge >= 0.3 is 6.18 Å². The molecule has 0 spiro atoms. The zero-order valence-electron chi connectivity index (χ0n) is 17.1. The van der Waals surface area contributed by atoms with Crippen LogP contribution < -0.4 is 14.2 Å². The Hall–Kier alpha value is -2.92.